The highest BCUT2D eigenvalue weighted by atomic mass is 32.2. The largest absolute Gasteiger partial charge is 0.242 e. The Kier molecular flexibility index (Phi) is 9.75. The van der Waals surface area contributed by atoms with Crippen LogP contribution in [0.3, 0.4) is 0 Å². The summed E-state index contributed by atoms with van der Waals surface area (Å²) in [5, 5.41) is 1.57. The Hall–Kier alpha value is -1.80. The van der Waals surface area contributed by atoms with E-state index in [4.69, 9.17) is 0 Å². The molecular weight excluding hydrogens is 513 g/mol. The van der Waals surface area contributed by atoms with Crippen molar-refractivity contribution in [3.8, 4) is 11.1 Å². The molecule has 0 aliphatic heterocycles. The lowest BCUT2D eigenvalue weighted by Gasteiger charge is -2.40. The van der Waals surface area contributed by atoms with Gasteiger partial charge in [-0.3, -0.25) is 0 Å². The first-order valence-corrected chi connectivity index (χ1v) is 17.8. The minimum Gasteiger partial charge on any atom is -0.242 e. The maximum Gasteiger partial charge on any atom is 0.0979 e. The van der Waals surface area contributed by atoms with E-state index in [1.807, 2.05) is 0 Å². The fourth-order valence-electron chi connectivity index (χ4n) is 6.47. The molecule has 0 heterocycles. The Bertz CT molecular complexity index is 1190. The van der Waals surface area contributed by atoms with E-state index in [0.29, 0.717) is 0 Å². The van der Waals surface area contributed by atoms with Crippen molar-refractivity contribution in [2.75, 3.05) is 0 Å². The van der Waals surface area contributed by atoms with Gasteiger partial charge in [-0.1, -0.05) is 125 Å². The van der Waals surface area contributed by atoms with Gasteiger partial charge in [0.15, 0.2) is 0 Å². The highest BCUT2D eigenvalue weighted by Gasteiger charge is 2.35. The van der Waals surface area contributed by atoms with Crippen molar-refractivity contribution in [1.29, 1.82) is 0 Å². The summed E-state index contributed by atoms with van der Waals surface area (Å²) in [6, 6.07) is 28.7. The Morgan fingerprint density at radius 1 is 0.692 bits per heavy atom. The van der Waals surface area contributed by atoms with Crippen molar-refractivity contribution in [2.45, 2.75) is 107 Å². The van der Waals surface area contributed by atoms with Crippen molar-refractivity contribution in [3.05, 3.63) is 90.0 Å². The molecule has 3 aromatic carbocycles. The van der Waals surface area contributed by atoms with E-state index in [9.17, 15) is 4.21 Å². The molecule has 0 aromatic heterocycles. The van der Waals surface area contributed by atoms with Gasteiger partial charge in [0.05, 0.1) is 21.8 Å². The highest BCUT2D eigenvalue weighted by molar-refractivity contribution is 7.84. The molecule has 0 amide bonds. The molecule has 39 heavy (non-hydrogen) atoms. The number of benzene rings is 3. The molecule has 0 bridgehead atoms. The molecule has 2 nitrogen and oxygen atoms in total. The fraction of sp³-hybridized carbons (Fsp3) is 0.486. The van der Waals surface area contributed by atoms with E-state index in [-0.39, 0.29) is 18.7 Å². The summed E-state index contributed by atoms with van der Waals surface area (Å²) in [7, 11) is -1.45. The molecule has 1 N–H and O–H groups in total. The Morgan fingerprint density at radius 3 is 1.77 bits per heavy atom. The van der Waals surface area contributed by atoms with E-state index < -0.39 is 11.0 Å². The number of hydrogen-bond donors (Lipinski definition) is 1. The molecule has 2 aliphatic rings. The molecule has 2 aliphatic carbocycles. The molecule has 5 rings (SSSR count). The van der Waals surface area contributed by atoms with Crippen LogP contribution in [0, 0.1) is 0 Å². The molecule has 208 valence electrons. The van der Waals surface area contributed by atoms with Gasteiger partial charge < -0.3 is 0 Å². The van der Waals surface area contributed by atoms with Crippen LogP contribution in [0.2, 0.25) is 0 Å². The summed E-state index contributed by atoms with van der Waals surface area (Å²) in [5.74, 6) is 0. The SMILES string of the molecule is CC(C)(C)S(=O)NC(c1ccc(-c2ccccc2)cc1)c1ccccc1P(C1CCCCC1)C1CCCCC1. The van der Waals surface area contributed by atoms with E-state index >= 15 is 0 Å². The van der Waals surface area contributed by atoms with Gasteiger partial charge in [0.25, 0.3) is 0 Å². The summed E-state index contributed by atoms with van der Waals surface area (Å²) in [5.41, 5.74) is 6.64. The topological polar surface area (TPSA) is 29.1 Å². The first-order chi connectivity index (χ1) is 18.9. The second kappa shape index (κ2) is 13.2. The molecular formula is C35H46NOPS. The second-order valence-corrected chi connectivity index (χ2v) is 17.2. The van der Waals surface area contributed by atoms with Gasteiger partial charge in [-0.25, -0.2) is 8.93 Å². The molecule has 2 unspecified atom stereocenters. The standard InChI is InChI=1S/C35H46NOPS/c1-35(2,3)39(37)36-34(29-25-23-28(24-26-29)27-15-7-4-8-16-27)32-21-13-14-22-33(32)38(30-17-9-5-10-18-30)31-19-11-6-12-20-31/h4,7-8,13-16,21-26,30-31,34,36H,5-6,9-12,17-20H2,1-3H3. The first kappa shape index (κ1) is 28.7. The third-order valence-electron chi connectivity index (χ3n) is 8.59. The fourth-order valence-corrected chi connectivity index (χ4v) is 11.3. The van der Waals surface area contributed by atoms with Crippen molar-refractivity contribution < 1.29 is 4.21 Å². The zero-order chi connectivity index (χ0) is 27.2. The monoisotopic (exact) mass is 559 g/mol. The smallest absolute Gasteiger partial charge is 0.0979 e. The number of hydrogen-bond acceptors (Lipinski definition) is 1. The Labute approximate surface area is 240 Å². The van der Waals surface area contributed by atoms with E-state index in [2.05, 4.69) is 104 Å². The van der Waals surface area contributed by atoms with Crippen LogP contribution in [-0.4, -0.2) is 20.3 Å². The average molecular weight is 560 g/mol. The van der Waals surface area contributed by atoms with Crippen LogP contribution in [0.1, 0.15) is 102 Å². The van der Waals surface area contributed by atoms with E-state index in [1.165, 1.54) is 86.5 Å². The predicted octanol–water partition coefficient (Wildman–Crippen LogP) is 9.27. The molecule has 2 fully saturated rings. The van der Waals surface area contributed by atoms with Gasteiger partial charge in [-0.05, 0) is 85.3 Å². The van der Waals surface area contributed by atoms with Crippen molar-refractivity contribution in [1.82, 2.24) is 4.72 Å². The molecule has 0 radical (unpaired) electrons. The van der Waals surface area contributed by atoms with Crippen molar-refractivity contribution in [2.24, 2.45) is 0 Å². The Balaban J connectivity index is 1.57. The third-order valence-corrected chi connectivity index (χ3v) is 13.7. The summed E-state index contributed by atoms with van der Waals surface area (Å²) >= 11 is 0. The summed E-state index contributed by atoms with van der Waals surface area (Å²) in [6.07, 6.45) is 13.9. The van der Waals surface area contributed by atoms with Gasteiger partial charge in [0.1, 0.15) is 0 Å². The summed E-state index contributed by atoms with van der Waals surface area (Å²) in [4.78, 5) is 0. The predicted molar refractivity (Wildman–Crippen MR) is 171 cm³/mol. The van der Waals surface area contributed by atoms with Gasteiger partial charge in [-0.2, -0.15) is 0 Å². The normalized spacial score (nSPS) is 19.2. The quantitative estimate of drug-likeness (QED) is 0.274. The van der Waals surface area contributed by atoms with Crippen LogP contribution < -0.4 is 10.0 Å². The highest BCUT2D eigenvalue weighted by Crippen LogP contribution is 2.56. The minimum absolute atomic E-state index is 0.0942. The molecule has 2 saturated carbocycles. The van der Waals surface area contributed by atoms with Gasteiger partial charge >= 0.3 is 0 Å². The molecule has 0 saturated heterocycles. The number of nitrogens with one attached hydrogen (secondary N) is 1. The zero-order valence-electron chi connectivity index (χ0n) is 24.1. The lowest BCUT2D eigenvalue weighted by molar-refractivity contribution is 0.487. The zero-order valence-corrected chi connectivity index (χ0v) is 25.8. The average Bonchev–Trinajstić information content (AvgIpc) is 2.97. The summed E-state index contributed by atoms with van der Waals surface area (Å²) in [6.45, 7) is 6.19. The Morgan fingerprint density at radius 2 is 1.21 bits per heavy atom. The molecule has 3 aromatic rings. The lowest BCUT2D eigenvalue weighted by atomic mass is 9.96. The van der Waals surface area contributed by atoms with Crippen LogP contribution in [0.5, 0.6) is 0 Å². The third kappa shape index (κ3) is 7.10. The van der Waals surface area contributed by atoms with Crippen molar-refractivity contribution >= 4 is 24.2 Å². The van der Waals surface area contributed by atoms with E-state index in [1.54, 1.807) is 5.30 Å². The van der Waals surface area contributed by atoms with Crippen molar-refractivity contribution in [3.63, 3.8) is 0 Å². The first-order valence-electron chi connectivity index (χ1n) is 15.1. The minimum atomic E-state index is -1.18. The second-order valence-electron chi connectivity index (χ2n) is 12.5. The molecule has 2 atom stereocenters. The van der Waals surface area contributed by atoms with Gasteiger partial charge in [0.2, 0.25) is 0 Å². The van der Waals surface area contributed by atoms with Gasteiger partial charge in [-0.15, -0.1) is 0 Å². The van der Waals surface area contributed by atoms with Crippen LogP contribution in [-0.2, 0) is 11.0 Å². The van der Waals surface area contributed by atoms with Gasteiger partial charge in [0, 0.05) is 0 Å². The van der Waals surface area contributed by atoms with E-state index in [0.717, 1.165) is 11.3 Å². The summed E-state index contributed by atoms with van der Waals surface area (Å²) < 4.78 is 16.9. The molecule has 4 heteroatoms. The number of rotatable bonds is 8. The van der Waals surface area contributed by atoms with Crippen LogP contribution in [0.25, 0.3) is 11.1 Å². The van der Waals surface area contributed by atoms with Crippen LogP contribution >= 0.6 is 7.92 Å². The van der Waals surface area contributed by atoms with Crippen LogP contribution in [0.15, 0.2) is 78.9 Å². The van der Waals surface area contributed by atoms with Crippen LogP contribution in [0.4, 0.5) is 0 Å². The molecule has 0 spiro atoms. The maximum absolute atomic E-state index is 13.6. The lowest BCUT2D eigenvalue weighted by Crippen LogP contribution is -2.38. The maximum atomic E-state index is 13.6.